The van der Waals surface area contributed by atoms with Gasteiger partial charge in [-0.1, -0.05) is 26.0 Å². The number of hydrogen-bond acceptors (Lipinski definition) is 3. The maximum Gasteiger partial charge on any atom is 0.168 e. The fourth-order valence-electron chi connectivity index (χ4n) is 2.72. The lowest BCUT2D eigenvalue weighted by molar-refractivity contribution is 0.113. The van der Waals surface area contributed by atoms with E-state index in [9.17, 15) is 4.39 Å². The zero-order valence-electron chi connectivity index (χ0n) is 14.2. The molecule has 1 rings (SSSR count). The topological polar surface area (TPSA) is 24.5 Å². The van der Waals surface area contributed by atoms with Crippen LogP contribution in [0.3, 0.4) is 0 Å². The Hall–Kier alpha value is -1.13. The molecule has 0 aliphatic carbocycles. The zero-order valence-corrected chi connectivity index (χ0v) is 14.2. The fourth-order valence-corrected chi connectivity index (χ4v) is 2.72. The number of nitrogens with zero attached hydrogens (tertiary/aromatic N) is 1. The molecule has 0 bridgehead atoms. The first-order chi connectivity index (χ1) is 9.90. The van der Waals surface area contributed by atoms with Crippen LogP contribution in [0.15, 0.2) is 18.2 Å². The molecule has 120 valence electrons. The highest BCUT2D eigenvalue weighted by Gasteiger charge is 2.34. The van der Waals surface area contributed by atoms with Crippen LogP contribution >= 0.6 is 0 Å². The number of halogens is 1. The molecule has 0 fully saturated rings. The van der Waals surface area contributed by atoms with Crippen LogP contribution in [0, 0.1) is 5.82 Å². The summed E-state index contributed by atoms with van der Waals surface area (Å²) < 4.78 is 19.5. The SMILES string of the molecule is CCNC(Cc1cccc(OC)c1F)C(C)(CC)N(C)C. The van der Waals surface area contributed by atoms with Crippen molar-refractivity contribution >= 4 is 0 Å². The summed E-state index contributed by atoms with van der Waals surface area (Å²) in [4.78, 5) is 2.22. The van der Waals surface area contributed by atoms with Crippen molar-refractivity contribution in [2.45, 2.75) is 45.2 Å². The van der Waals surface area contributed by atoms with Gasteiger partial charge in [-0.2, -0.15) is 0 Å². The molecular formula is C17H29FN2O. The molecule has 0 heterocycles. The maximum absolute atomic E-state index is 14.4. The van der Waals surface area contributed by atoms with Crippen LogP contribution in [0.1, 0.15) is 32.8 Å². The second-order valence-corrected chi connectivity index (χ2v) is 5.85. The molecular weight excluding hydrogens is 267 g/mol. The molecule has 0 aliphatic rings. The average molecular weight is 296 g/mol. The van der Waals surface area contributed by atoms with Gasteiger partial charge in [-0.25, -0.2) is 4.39 Å². The van der Waals surface area contributed by atoms with Crippen molar-refractivity contribution in [3.8, 4) is 5.75 Å². The molecule has 1 aromatic rings. The van der Waals surface area contributed by atoms with Gasteiger partial charge in [0.05, 0.1) is 7.11 Å². The highest BCUT2D eigenvalue weighted by atomic mass is 19.1. The van der Waals surface area contributed by atoms with Crippen LogP contribution in [0.5, 0.6) is 5.75 Å². The first-order valence-electron chi connectivity index (χ1n) is 7.62. The van der Waals surface area contributed by atoms with Crippen LogP contribution in [-0.4, -0.2) is 44.2 Å². The Morgan fingerprint density at radius 2 is 2.00 bits per heavy atom. The summed E-state index contributed by atoms with van der Waals surface area (Å²) >= 11 is 0. The summed E-state index contributed by atoms with van der Waals surface area (Å²) in [5.41, 5.74) is 0.660. The van der Waals surface area contributed by atoms with Crippen LogP contribution in [0.25, 0.3) is 0 Å². The van der Waals surface area contributed by atoms with Gasteiger partial charge in [0.15, 0.2) is 11.6 Å². The molecule has 0 saturated carbocycles. The molecule has 0 amide bonds. The van der Waals surface area contributed by atoms with E-state index in [4.69, 9.17) is 4.74 Å². The average Bonchev–Trinajstić information content (AvgIpc) is 2.47. The van der Waals surface area contributed by atoms with Crippen molar-refractivity contribution in [1.82, 2.24) is 10.2 Å². The van der Waals surface area contributed by atoms with Crippen LogP contribution < -0.4 is 10.1 Å². The fraction of sp³-hybridized carbons (Fsp3) is 0.647. The number of ether oxygens (including phenoxy) is 1. The quantitative estimate of drug-likeness (QED) is 0.798. The van der Waals surface area contributed by atoms with Crippen LogP contribution in [0.2, 0.25) is 0 Å². The van der Waals surface area contributed by atoms with E-state index in [1.807, 2.05) is 12.1 Å². The van der Waals surface area contributed by atoms with Gasteiger partial charge < -0.3 is 15.0 Å². The molecule has 2 unspecified atom stereocenters. The van der Waals surface area contributed by atoms with Crippen molar-refractivity contribution in [2.75, 3.05) is 27.7 Å². The van der Waals surface area contributed by atoms with Crippen molar-refractivity contribution in [3.05, 3.63) is 29.6 Å². The number of hydrogen-bond donors (Lipinski definition) is 1. The molecule has 0 aliphatic heterocycles. The first kappa shape index (κ1) is 17.9. The van der Waals surface area contributed by atoms with Gasteiger partial charge in [0.2, 0.25) is 0 Å². The Bertz CT molecular complexity index is 450. The first-order valence-corrected chi connectivity index (χ1v) is 7.62. The Morgan fingerprint density at radius 3 is 2.48 bits per heavy atom. The number of benzene rings is 1. The number of likely N-dealkylation sites (N-methyl/N-ethyl adjacent to an activating group) is 2. The third-order valence-electron chi connectivity index (χ3n) is 4.63. The van der Waals surface area contributed by atoms with Gasteiger partial charge in [0.25, 0.3) is 0 Å². The van der Waals surface area contributed by atoms with E-state index in [1.54, 1.807) is 6.07 Å². The van der Waals surface area contributed by atoms with Crippen molar-refractivity contribution < 1.29 is 9.13 Å². The van der Waals surface area contributed by atoms with Crippen molar-refractivity contribution in [2.24, 2.45) is 0 Å². The van der Waals surface area contributed by atoms with Gasteiger partial charge in [0.1, 0.15) is 0 Å². The minimum Gasteiger partial charge on any atom is -0.494 e. The highest BCUT2D eigenvalue weighted by Crippen LogP contribution is 2.27. The summed E-state index contributed by atoms with van der Waals surface area (Å²) in [7, 11) is 5.66. The molecule has 0 aromatic heterocycles. The molecule has 4 heteroatoms. The third kappa shape index (κ3) is 3.95. The van der Waals surface area contributed by atoms with E-state index < -0.39 is 0 Å². The summed E-state index contributed by atoms with van der Waals surface area (Å²) in [6.07, 6.45) is 1.63. The summed E-state index contributed by atoms with van der Waals surface area (Å²) in [6, 6.07) is 5.52. The van der Waals surface area contributed by atoms with E-state index in [2.05, 4.69) is 45.1 Å². The van der Waals surface area contributed by atoms with Gasteiger partial charge in [0, 0.05) is 11.6 Å². The van der Waals surface area contributed by atoms with Gasteiger partial charge in [-0.05, 0) is 52.0 Å². The molecule has 0 saturated heterocycles. The van der Waals surface area contributed by atoms with E-state index in [-0.39, 0.29) is 17.4 Å². The number of rotatable bonds is 8. The lowest BCUT2D eigenvalue weighted by Crippen LogP contribution is -2.57. The van der Waals surface area contributed by atoms with E-state index in [0.29, 0.717) is 17.7 Å². The number of nitrogens with one attached hydrogen (secondary N) is 1. The smallest absolute Gasteiger partial charge is 0.168 e. The minimum absolute atomic E-state index is 0.0362. The van der Waals surface area contributed by atoms with E-state index in [1.165, 1.54) is 7.11 Å². The summed E-state index contributed by atoms with van der Waals surface area (Å²) in [5, 5.41) is 3.52. The summed E-state index contributed by atoms with van der Waals surface area (Å²) in [6.45, 7) is 7.34. The molecule has 2 atom stereocenters. The van der Waals surface area contributed by atoms with Crippen molar-refractivity contribution in [1.29, 1.82) is 0 Å². The van der Waals surface area contributed by atoms with Crippen molar-refractivity contribution in [3.63, 3.8) is 0 Å². The standard InChI is InChI=1S/C17H29FN2O/c1-7-17(3,20(4)5)15(19-8-2)12-13-10-9-11-14(21-6)16(13)18/h9-11,15,19H,7-8,12H2,1-6H3. The molecule has 0 spiro atoms. The molecule has 0 radical (unpaired) electrons. The minimum atomic E-state index is -0.250. The summed E-state index contributed by atoms with van der Waals surface area (Å²) in [5.74, 6) is 0.0610. The Labute approximate surface area is 128 Å². The maximum atomic E-state index is 14.4. The van der Waals surface area contributed by atoms with E-state index in [0.717, 1.165) is 13.0 Å². The second kappa shape index (κ2) is 7.76. The molecule has 1 N–H and O–H groups in total. The van der Waals surface area contributed by atoms with Gasteiger partial charge in [-0.15, -0.1) is 0 Å². The van der Waals surface area contributed by atoms with Gasteiger partial charge in [-0.3, -0.25) is 0 Å². The lowest BCUT2D eigenvalue weighted by atomic mass is 9.84. The zero-order chi connectivity index (χ0) is 16.0. The normalized spacial score (nSPS) is 15.8. The predicted molar refractivity (Wildman–Crippen MR) is 86.5 cm³/mol. The molecule has 21 heavy (non-hydrogen) atoms. The second-order valence-electron chi connectivity index (χ2n) is 5.85. The van der Waals surface area contributed by atoms with Crippen LogP contribution in [-0.2, 0) is 6.42 Å². The molecule has 1 aromatic carbocycles. The Morgan fingerprint density at radius 1 is 1.33 bits per heavy atom. The lowest BCUT2D eigenvalue weighted by Gasteiger charge is -2.43. The number of methoxy groups -OCH3 is 1. The van der Waals surface area contributed by atoms with E-state index >= 15 is 0 Å². The van der Waals surface area contributed by atoms with Crippen LogP contribution in [0.4, 0.5) is 4.39 Å². The third-order valence-corrected chi connectivity index (χ3v) is 4.63. The Balaban J connectivity index is 3.09. The Kier molecular flexibility index (Phi) is 6.62. The largest absolute Gasteiger partial charge is 0.494 e. The molecule has 3 nitrogen and oxygen atoms in total. The monoisotopic (exact) mass is 296 g/mol. The highest BCUT2D eigenvalue weighted by molar-refractivity contribution is 5.32. The predicted octanol–water partition coefficient (Wildman–Crippen LogP) is 3.09. The van der Waals surface area contributed by atoms with Gasteiger partial charge >= 0.3 is 0 Å².